The number of nitrogens with zero attached hydrogens (tertiary/aromatic N) is 4. The molecule has 2 aromatic heterocycles. The fourth-order valence-corrected chi connectivity index (χ4v) is 2.25. The van der Waals surface area contributed by atoms with Crippen molar-refractivity contribution in [2.75, 3.05) is 18.5 Å². The van der Waals surface area contributed by atoms with Crippen LogP contribution in [0.5, 0.6) is 0 Å². The minimum absolute atomic E-state index is 0.282. The Morgan fingerprint density at radius 2 is 2.39 bits per heavy atom. The smallest absolute Gasteiger partial charge is 0.203 e. The van der Waals surface area contributed by atoms with Crippen LogP contribution in [0.2, 0.25) is 0 Å². The van der Waals surface area contributed by atoms with E-state index >= 15 is 0 Å². The van der Waals surface area contributed by atoms with Gasteiger partial charge in [-0.15, -0.1) is 10.2 Å². The molecular formula is C12H17N5O. The maximum Gasteiger partial charge on any atom is 0.203 e. The molecule has 1 N–H and O–H groups in total. The second-order valence-electron chi connectivity index (χ2n) is 4.59. The SMILES string of the molecule is Cc1nnc2c(NCC3CCCCO3)nccn12. The number of fused-ring (bicyclic) bond motifs is 1. The van der Waals surface area contributed by atoms with Gasteiger partial charge in [0.1, 0.15) is 5.82 Å². The molecule has 3 heterocycles. The average Bonchev–Trinajstić information content (AvgIpc) is 2.80. The Hall–Kier alpha value is -1.69. The molecule has 96 valence electrons. The molecule has 1 saturated heterocycles. The van der Waals surface area contributed by atoms with E-state index in [-0.39, 0.29) is 6.10 Å². The van der Waals surface area contributed by atoms with Gasteiger partial charge in [0.15, 0.2) is 5.82 Å². The Morgan fingerprint density at radius 3 is 3.22 bits per heavy atom. The Labute approximate surface area is 105 Å². The highest BCUT2D eigenvalue weighted by Crippen LogP contribution is 2.15. The highest BCUT2D eigenvalue weighted by Gasteiger charge is 2.15. The Kier molecular flexibility index (Phi) is 3.10. The molecule has 2 aromatic rings. The van der Waals surface area contributed by atoms with Crippen molar-refractivity contribution >= 4 is 11.5 Å². The second kappa shape index (κ2) is 4.89. The summed E-state index contributed by atoms with van der Waals surface area (Å²) in [5.74, 6) is 1.64. The number of ether oxygens (including phenoxy) is 1. The van der Waals surface area contributed by atoms with Crippen LogP contribution >= 0.6 is 0 Å². The number of aromatic nitrogens is 4. The van der Waals surface area contributed by atoms with E-state index in [1.807, 2.05) is 17.5 Å². The monoisotopic (exact) mass is 247 g/mol. The maximum absolute atomic E-state index is 5.68. The molecule has 6 nitrogen and oxygen atoms in total. The number of hydrogen-bond donors (Lipinski definition) is 1. The molecule has 3 rings (SSSR count). The molecule has 18 heavy (non-hydrogen) atoms. The van der Waals surface area contributed by atoms with Crippen LogP contribution in [-0.4, -0.2) is 38.8 Å². The van der Waals surface area contributed by atoms with Crippen LogP contribution in [0.25, 0.3) is 5.65 Å². The molecule has 1 aliphatic rings. The van der Waals surface area contributed by atoms with Crippen LogP contribution in [0.15, 0.2) is 12.4 Å². The van der Waals surface area contributed by atoms with Crippen LogP contribution in [0.3, 0.4) is 0 Å². The lowest BCUT2D eigenvalue weighted by Crippen LogP contribution is -2.27. The van der Waals surface area contributed by atoms with Gasteiger partial charge in [-0.25, -0.2) is 4.98 Å². The molecule has 0 bridgehead atoms. The van der Waals surface area contributed by atoms with E-state index in [1.165, 1.54) is 12.8 Å². The molecule has 0 amide bonds. The van der Waals surface area contributed by atoms with Gasteiger partial charge in [-0.2, -0.15) is 0 Å². The fourth-order valence-electron chi connectivity index (χ4n) is 2.25. The molecule has 0 spiro atoms. The van der Waals surface area contributed by atoms with Crippen molar-refractivity contribution in [3.05, 3.63) is 18.2 Å². The molecule has 1 atom stereocenters. The standard InChI is InChI=1S/C12H17N5O/c1-9-15-16-12-11(13-5-6-17(9)12)14-8-10-4-2-3-7-18-10/h5-6,10H,2-4,7-8H2,1H3,(H,13,14). The van der Waals surface area contributed by atoms with E-state index in [2.05, 4.69) is 20.5 Å². The van der Waals surface area contributed by atoms with Gasteiger partial charge in [0.2, 0.25) is 5.65 Å². The van der Waals surface area contributed by atoms with Crippen LogP contribution < -0.4 is 5.32 Å². The molecule has 0 aliphatic carbocycles. The highest BCUT2D eigenvalue weighted by atomic mass is 16.5. The van der Waals surface area contributed by atoms with Crippen molar-refractivity contribution in [1.82, 2.24) is 19.6 Å². The van der Waals surface area contributed by atoms with Gasteiger partial charge in [0.25, 0.3) is 0 Å². The van der Waals surface area contributed by atoms with Gasteiger partial charge < -0.3 is 10.1 Å². The van der Waals surface area contributed by atoms with E-state index in [0.29, 0.717) is 0 Å². The van der Waals surface area contributed by atoms with Crippen LogP contribution in [0.1, 0.15) is 25.1 Å². The van der Waals surface area contributed by atoms with E-state index in [1.54, 1.807) is 6.20 Å². The van der Waals surface area contributed by atoms with Crippen molar-refractivity contribution in [2.45, 2.75) is 32.3 Å². The first-order valence-corrected chi connectivity index (χ1v) is 6.36. The summed E-state index contributed by atoms with van der Waals surface area (Å²) in [5, 5.41) is 11.5. The minimum atomic E-state index is 0.282. The van der Waals surface area contributed by atoms with Crippen molar-refractivity contribution in [2.24, 2.45) is 0 Å². The summed E-state index contributed by atoms with van der Waals surface area (Å²) < 4.78 is 7.61. The maximum atomic E-state index is 5.68. The zero-order valence-corrected chi connectivity index (χ0v) is 10.5. The van der Waals surface area contributed by atoms with Crippen molar-refractivity contribution < 1.29 is 4.74 Å². The summed E-state index contributed by atoms with van der Waals surface area (Å²) in [6.45, 7) is 3.57. The van der Waals surface area contributed by atoms with Gasteiger partial charge in [0.05, 0.1) is 6.10 Å². The lowest BCUT2D eigenvalue weighted by atomic mass is 10.1. The molecule has 0 aromatic carbocycles. The van der Waals surface area contributed by atoms with Gasteiger partial charge in [-0.1, -0.05) is 0 Å². The average molecular weight is 247 g/mol. The Balaban J connectivity index is 1.74. The lowest BCUT2D eigenvalue weighted by molar-refractivity contribution is 0.0247. The first-order valence-electron chi connectivity index (χ1n) is 6.36. The van der Waals surface area contributed by atoms with Crippen molar-refractivity contribution in [3.8, 4) is 0 Å². The van der Waals surface area contributed by atoms with Crippen LogP contribution in [0, 0.1) is 6.92 Å². The van der Waals surface area contributed by atoms with Crippen LogP contribution in [0.4, 0.5) is 5.82 Å². The summed E-state index contributed by atoms with van der Waals surface area (Å²) in [5.41, 5.74) is 0.769. The summed E-state index contributed by atoms with van der Waals surface area (Å²) in [7, 11) is 0. The second-order valence-corrected chi connectivity index (χ2v) is 4.59. The van der Waals surface area contributed by atoms with E-state index in [0.717, 1.165) is 36.9 Å². The number of anilines is 1. The highest BCUT2D eigenvalue weighted by molar-refractivity contribution is 5.61. The van der Waals surface area contributed by atoms with E-state index in [4.69, 9.17) is 4.74 Å². The number of aryl methyl sites for hydroxylation is 1. The van der Waals surface area contributed by atoms with Gasteiger partial charge in [0, 0.05) is 25.5 Å². The lowest BCUT2D eigenvalue weighted by Gasteiger charge is -2.22. The first kappa shape index (κ1) is 11.4. The van der Waals surface area contributed by atoms with Gasteiger partial charge in [-0.05, 0) is 26.2 Å². The number of rotatable bonds is 3. The minimum Gasteiger partial charge on any atom is -0.376 e. The summed E-state index contributed by atoms with van der Waals surface area (Å²) in [6, 6.07) is 0. The zero-order chi connectivity index (χ0) is 12.4. The normalized spacial score (nSPS) is 20.2. The predicted octanol–water partition coefficient (Wildman–Crippen LogP) is 1.41. The summed E-state index contributed by atoms with van der Waals surface area (Å²) in [6.07, 6.45) is 7.44. The number of hydrogen-bond acceptors (Lipinski definition) is 5. The predicted molar refractivity (Wildman–Crippen MR) is 67.6 cm³/mol. The van der Waals surface area contributed by atoms with Crippen molar-refractivity contribution in [3.63, 3.8) is 0 Å². The third-order valence-corrected chi connectivity index (χ3v) is 3.27. The molecule has 1 unspecified atom stereocenters. The first-order chi connectivity index (χ1) is 8.84. The molecule has 1 fully saturated rings. The third-order valence-electron chi connectivity index (χ3n) is 3.27. The van der Waals surface area contributed by atoms with Crippen molar-refractivity contribution in [1.29, 1.82) is 0 Å². The Morgan fingerprint density at radius 1 is 1.44 bits per heavy atom. The van der Waals surface area contributed by atoms with E-state index in [9.17, 15) is 0 Å². The number of nitrogens with one attached hydrogen (secondary N) is 1. The third kappa shape index (κ3) is 2.15. The van der Waals surface area contributed by atoms with E-state index < -0.39 is 0 Å². The topological polar surface area (TPSA) is 64.3 Å². The van der Waals surface area contributed by atoms with Gasteiger partial charge in [-0.3, -0.25) is 4.40 Å². The summed E-state index contributed by atoms with van der Waals surface area (Å²) in [4.78, 5) is 4.31. The Bertz CT molecular complexity index is 532. The zero-order valence-electron chi connectivity index (χ0n) is 10.5. The fraction of sp³-hybridized carbons (Fsp3) is 0.583. The van der Waals surface area contributed by atoms with Crippen LogP contribution in [-0.2, 0) is 4.74 Å². The molecular weight excluding hydrogens is 230 g/mol. The quantitative estimate of drug-likeness (QED) is 0.888. The molecule has 1 aliphatic heterocycles. The largest absolute Gasteiger partial charge is 0.376 e. The molecule has 6 heteroatoms. The summed E-state index contributed by atoms with van der Waals surface area (Å²) >= 11 is 0. The van der Waals surface area contributed by atoms with Gasteiger partial charge >= 0.3 is 0 Å². The molecule has 0 radical (unpaired) electrons. The molecule has 0 saturated carbocycles.